The van der Waals surface area contributed by atoms with Crippen LogP contribution < -0.4 is 4.74 Å². The van der Waals surface area contributed by atoms with Crippen molar-refractivity contribution >= 4 is 5.90 Å². The van der Waals surface area contributed by atoms with Gasteiger partial charge in [0.2, 0.25) is 5.90 Å². The average molecular weight is 293 g/mol. The summed E-state index contributed by atoms with van der Waals surface area (Å²) in [6.07, 6.45) is 0. The molecule has 1 aliphatic rings. The predicted molar refractivity (Wildman–Crippen MR) is 80.9 cm³/mol. The van der Waals surface area contributed by atoms with Crippen molar-refractivity contribution in [3.63, 3.8) is 0 Å². The SMILES string of the molecule is COCCOCOc1ccc(C2=N[C@@H](C(C)C)CO2)cc1. The molecule has 21 heavy (non-hydrogen) atoms. The van der Waals surface area contributed by atoms with Crippen LogP contribution in [0.3, 0.4) is 0 Å². The Kier molecular flexibility index (Phi) is 6.02. The first-order chi connectivity index (χ1) is 10.2. The fourth-order valence-electron chi connectivity index (χ4n) is 1.89. The minimum absolute atomic E-state index is 0.218. The van der Waals surface area contributed by atoms with Crippen LogP contribution in [0.1, 0.15) is 19.4 Å². The minimum atomic E-state index is 0.218. The van der Waals surface area contributed by atoms with E-state index in [-0.39, 0.29) is 12.8 Å². The molecule has 0 bridgehead atoms. The van der Waals surface area contributed by atoms with Gasteiger partial charge >= 0.3 is 0 Å². The van der Waals surface area contributed by atoms with Gasteiger partial charge in [-0.1, -0.05) is 13.8 Å². The van der Waals surface area contributed by atoms with E-state index in [9.17, 15) is 0 Å². The molecule has 0 amide bonds. The molecule has 0 unspecified atom stereocenters. The van der Waals surface area contributed by atoms with Gasteiger partial charge < -0.3 is 18.9 Å². The van der Waals surface area contributed by atoms with E-state index in [1.165, 1.54) is 0 Å². The van der Waals surface area contributed by atoms with Crippen LogP contribution in [0.25, 0.3) is 0 Å². The van der Waals surface area contributed by atoms with E-state index in [2.05, 4.69) is 18.8 Å². The molecule has 5 heteroatoms. The molecule has 116 valence electrons. The smallest absolute Gasteiger partial charge is 0.216 e. The Labute approximate surface area is 125 Å². The Morgan fingerprint density at radius 3 is 2.62 bits per heavy atom. The Hall–Kier alpha value is -1.59. The summed E-state index contributed by atoms with van der Waals surface area (Å²) in [4.78, 5) is 4.60. The van der Waals surface area contributed by atoms with Crippen molar-refractivity contribution in [3.8, 4) is 5.75 Å². The predicted octanol–water partition coefficient (Wildman–Crippen LogP) is 2.49. The summed E-state index contributed by atoms with van der Waals surface area (Å²) in [6.45, 7) is 6.28. The highest BCUT2D eigenvalue weighted by Gasteiger charge is 2.22. The normalized spacial score (nSPS) is 17.7. The molecule has 5 nitrogen and oxygen atoms in total. The standard InChI is InChI=1S/C16H23NO4/c1-12(2)15-10-20-16(17-15)13-4-6-14(7-5-13)21-11-19-9-8-18-3/h4-7,12,15H,8-11H2,1-3H3/t15-/m1/s1. The molecule has 1 aromatic rings. The molecule has 1 heterocycles. The maximum atomic E-state index is 5.65. The summed E-state index contributed by atoms with van der Waals surface area (Å²) < 4.78 is 21.3. The maximum Gasteiger partial charge on any atom is 0.216 e. The van der Waals surface area contributed by atoms with Gasteiger partial charge in [0.05, 0.1) is 19.3 Å². The second-order valence-corrected chi connectivity index (χ2v) is 5.24. The lowest BCUT2D eigenvalue weighted by Gasteiger charge is -2.07. The molecule has 0 N–H and O–H groups in total. The number of hydrogen-bond acceptors (Lipinski definition) is 5. The average Bonchev–Trinajstić information content (AvgIpc) is 2.98. The summed E-state index contributed by atoms with van der Waals surface area (Å²) in [5, 5.41) is 0. The number of aliphatic imine (C=N–C) groups is 1. The lowest BCUT2D eigenvalue weighted by Crippen LogP contribution is -2.13. The molecular weight excluding hydrogens is 270 g/mol. The zero-order chi connectivity index (χ0) is 15.1. The number of methoxy groups -OCH3 is 1. The van der Waals surface area contributed by atoms with E-state index in [1.807, 2.05) is 24.3 Å². The molecule has 0 saturated carbocycles. The fraction of sp³-hybridized carbons (Fsp3) is 0.562. The number of nitrogens with zero attached hydrogens (tertiary/aromatic N) is 1. The van der Waals surface area contributed by atoms with Gasteiger partial charge in [-0.3, -0.25) is 0 Å². The van der Waals surface area contributed by atoms with Gasteiger partial charge in [-0.05, 0) is 30.2 Å². The topological polar surface area (TPSA) is 49.3 Å². The van der Waals surface area contributed by atoms with Crippen molar-refractivity contribution in [2.24, 2.45) is 10.9 Å². The van der Waals surface area contributed by atoms with Crippen LogP contribution >= 0.6 is 0 Å². The molecule has 0 aliphatic carbocycles. The molecule has 0 aromatic heterocycles. The number of benzene rings is 1. The molecular formula is C16H23NO4. The lowest BCUT2D eigenvalue weighted by molar-refractivity contribution is -0.00847. The Balaban J connectivity index is 1.83. The molecule has 1 aromatic carbocycles. The van der Waals surface area contributed by atoms with Crippen LogP contribution in [-0.2, 0) is 14.2 Å². The monoisotopic (exact) mass is 293 g/mol. The number of rotatable bonds is 8. The largest absolute Gasteiger partial charge is 0.475 e. The van der Waals surface area contributed by atoms with E-state index in [0.717, 1.165) is 17.2 Å². The second-order valence-electron chi connectivity index (χ2n) is 5.24. The van der Waals surface area contributed by atoms with Gasteiger partial charge in [-0.25, -0.2) is 4.99 Å². The third-order valence-corrected chi connectivity index (χ3v) is 3.29. The summed E-state index contributed by atoms with van der Waals surface area (Å²) in [5.74, 6) is 1.97. The minimum Gasteiger partial charge on any atom is -0.475 e. The highest BCUT2D eigenvalue weighted by Crippen LogP contribution is 2.19. The summed E-state index contributed by atoms with van der Waals surface area (Å²) in [5.41, 5.74) is 0.978. The lowest BCUT2D eigenvalue weighted by atomic mass is 10.1. The maximum absolute atomic E-state index is 5.65. The van der Waals surface area contributed by atoms with Crippen LogP contribution in [-0.4, -0.2) is 45.7 Å². The number of hydrogen-bond donors (Lipinski definition) is 0. The van der Waals surface area contributed by atoms with Gasteiger partial charge in [0.25, 0.3) is 0 Å². The van der Waals surface area contributed by atoms with Crippen molar-refractivity contribution in [2.75, 3.05) is 33.7 Å². The number of ether oxygens (including phenoxy) is 4. The summed E-state index contributed by atoms with van der Waals surface area (Å²) >= 11 is 0. The highest BCUT2D eigenvalue weighted by atomic mass is 16.7. The van der Waals surface area contributed by atoms with Crippen LogP contribution in [0.4, 0.5) is 0 Å². The van der Waals surface area contributed by atoms with E-state index in [1.54, 1.807) is 7.11 Å². The first kappa shape index (κ1) is 15.8. The van der Waals surface area contributed by atoms with Crippen LogP contribution in [0.2, 0.25) is 0 Å². The Bertz CT molecular complexity index is 456. The van der Waals surface area contributed by atoms with Gasteiger partial charge in [0.1, 0.15) is 12.4 Å². The van der Waals surface area contributed by atoms with Crippen molar-refractivity contribution in [1.29, 1.82) is 0 Å². The van der Waals surface area contributed by atoms with E-state index in [4.69, 9.17) is 18.9 Å². The van der Waals surface area contributed by atoms with Crippen molar-refractivity contribution < 1.29 is 18.9 Å². The van der Waals surface area contributed by atoms with Crippen molar-refractivity contribution in [1.82, 2.24) is 0 Å². The first-order valence-electron chi connectivity index (χ1n) is 7.21. The molecule has 1 atom stereocenters. The molecule has 0 saturated heterocycles. The second kappa shape index (κ2) is 8.00. The van der Waals surface area contributed by atoms with Gasteiger partial charge in [-0.15, -0.1) is 0 Å². The van der Waals surface area contributed by atoms with Crippen molar-refractivity contribution in [2.45, 2.75) is 19.9 Å². The fourth-order valence-corrected chi connectivity index (χ4v) is 1.89. The highest BCUT2D eigenvalue weighted by molar-refractivity contribution is 5.95. The van der Waals surface area contributed by atoms with E-state index in [0.29, 0.717) is 25.7 Å². The Morgan fingerprint density at radius 2 is 2.00 bits per heavy atom. The molecule has 1 aliphatic heterocycles. The van der Waals surface area contributed by atoms with Crippen LogP contribution in [0.5, 0.6) is 5.75 Å². The molecule has 2 rings (SSSR count). The third kappa shape index (κ3) is 4.72. The zero-order valence-corrected chi connectivity index (χ0v) is 12.9. The van der Waals surface area contributed by atoms with E-state index < -0.39 is 0 Å². The van der Waals surface area contributed by atoms with Gasteiger partial charge in [-0.2, -0.15) is 0 Å². The quantitative estimate of drug-likeness (QED) is 0.546. The summed E-state index contributed by atoms with van der Waals surface area (Å²) in [6, 6.07) is 7.94. The molecule has 0 fully saturated rings. The zero-order valence-electron chi connectivity index (χ0n) is 12.9. The van der Waals surface area contributed by atoms with Crippen molar-refractivity contribution in [3.05, 3.63) is 29.8 Å². The van der Waals surface area contributed by atoms with Crippen LogP contribution in [0.15, 0.2) is 29.3 Å². The van der Waals surface area contributed by atoms with Gasteiger partial charge in [0, 0.05) is 12.7 Å². The van der Waals surface area contributed by atoms with E-state index >= 15 is 0 Å². The Morgan fingerprint density at radius 1 is 1.24 bits per heavy atom. The van der Waals surface area contributed by atoms with Crippen LogP contribution in [0, 0.1) is 5.92 Å². The molecule has 0 radical (unpaired) electrons. The molecule has 0 spiro atoms. The van der Waals surface area contributed by atoms with Gasteiger partial charge in [0.15, 0.2) is 6.79 Å². The summed E-state index contributed by atoms with van der Waals surface area (Å²) in [7, 11) is 1.64. The third-order valence-electron chi connectivity index (χ3n) is 3.29. The first-order valence-corrected chi connectivity index (χ1v) is 7.21.